The van der Waals surface area contributed by atoms with E-state index >= 15 is 0 Å². The molecule has 0 radical (unpaired) electrons. The van der Waals surface area contributed by atoms with Gasteiger partial charge >= 0.3 is 6.48 Å². The lowest BCUT2D eigenvalue weighted by atomic mass is 10.0. The molecule has 0 aliphatic carbocycles. The van der Waals surface area contributed by atoms with Gasteiger partial charge in [-0.15, -0.1) is 0 Å². The van der Waals surface area contributed by atoms with Crippen LogP contribution in [0.1, 0.15) is 11.3 Å². The zero-order valence-electron chi connectivity index (χ0n) is 19.0. The van der Waals surface area contributed by atoms with Gasteiger partial charge < -0.3 is 23.7 Å². The molecular formula is C26H26N2O5. The molecule has 0 fully saturated rings. The van der Waals surface area contributed by atoms with Gasteiger partial charge in [-0.25, -0.2) is 0 Å². The molecule has 170 valence electrons. The van der Waals surface area contributed by atoms with Crippen molar-refractivity contribution in [1.29, 1.82) is 0 Å². The van der Waals surface area contributed by atoms with E-state index in [9.17, 15) is 0 Å². The van der Waals surface area contributed by atoms with Crippen molar-refractivity contribution in [2.24, 2.45) is 0 Å². The van der Waals surface area contributed by atoms with Crippen LogP contribution < -0.4 is 14.2 Å². The summed E-state index contributed by atoms with van der Waals surface area (Å²) in [6, 6.07) is 19.7. The van der Waals surface area contributed by atoms with Crippen molar-refractivity contribution >= 4 is 23.1 Å². The Morgan fingerprint density at radius 1 is 0.788 bits per heavy atom. The second kappa shape index (κ2) is 10.2. The fraction of sp³-hybridized carbons (Fsp3) is 0.192. The van der Waals surface area contributed by atoms with Crippen molar-refractivity contribution in [1.82, 2.24) is 10.2 Å². The maximum atomic E-state index is 5.68. The molecule has 1 aromatic heterocycles. The third kappa shape index (κ3) is 5.00. The Balaban J connectivity index is 1.57. The highest BCUT2D eigenvalue weighted by atomic mass is 16.8. The van der Waals surface area contributed by atoms with E-state index < -0.39 is 6.48 Å². The van der Waals surface area contributed by atoms with Crippen LogP contribution in [-0.4, -0.2) is 45.1 Å². The van der Waals surface area contributed by atoms with Gasteiger partial charge in [0.15, 0.2) is 11.5 Å². The summed E-state index contributed by atoms with van der Waals surface area (Å²) in [6.07, 6.45) is 3.97. The first-order valence-corrected chi connectivity index (χ1v) is 10.4. The molecule has 1 N–H and O–H groups in total. The molecule has 0 amide bonds. The van der Waals surface area contributed by atoms with Gasteiger partial charge in [-0.1, -0.05) is 30.3 Å². The van der Waals surface area contributed by atoms with Crippen molar-refractivity contribution < 1.29 is 23.7 Å². The van der Waals surface area contributed by atoms with E-state index in [0.29, 0.717) is 17.2 Å². The Hall–Kier alpha value is -3.81. The summed E-state index contributed by atoms with van der Waals surface area (Å²) < 4.78 is 26.6. The van der Waals surface area contributed by atoms with Gasteiger partial charge in [0.05, 0.1) is 25.4 Å². The van der Waals surface area contributed by atoms with E-state index in [1.807, 2.05) is 54.6 Å². The summed E-state index contributed by atoms with van der Waals surface area (Å²) in [5, 5.41) is 8.63. The summed E-state index contributed by atoms with van der Waals surface area (Å²) in [5.41, 5.74) is 4.84. The van der Waals surface area contributed by atoms with Gasteiger partial charge in [0.1, 0.15) is 5.75 Å². The number of hydrogen-bond acceptors (Lipinski definition) is 6. The van der Waals surface area contributed by atoms with E-state index in [1.165, 1.54) is 14.2 Å². The minimum atomic E-state index is -0.754. The number of nitrogens with one attached hydrogen (secondary N) is 1. The molecule has 0 aliphatic heterocycles. The highest BCUT2D eigenvalue weighted by Gasteiger charge is 2.10. The molecule has 7 nitrogen and oxygen atoms in total. The van der Waals surface area contributed by atoms with Crippen LogP contribution in [0.15, 0.2) is 60.7 Å². The van der Waals surface area contributed by atoms with Crippen LogP contribution in [0.5, 0.6) is 17.2 Å². The molecule has 1 heterocycles. The lowest BCUT2D eigenvalue weighted by molar-refractivity contribution is -0.219. The highest BCUT2D eigenvalue weighted by Crippen LogP contribution is 2.30. The molecular weight excluding hydrogens is 420 g/mol. The third-order valence-electron chi connectivity index (χ3n) is 5.22. The number of rotatable bonds is 9. The predicted octanol–water partition coefficient (Wildman–Crippen LogP) is 5.37. The Morgan fingerprint density at radius 3 is 2.33 bits per heavy atom. The molecule has 0 saturated carbocycles. The van der Waals surface area contributed by atoms with Gasteiger partial charge in [0.2, 0.25) is 0 Å². The molecule has 3 aromatic carbocycles. The Kier molecular flexibility index (Phi) is 6.92. The number of aromatic amines is 1. The first kappa shape index (κ1) is 22.4. The molecule has 0 aliphatic rings. The maximum absolute atomic E-state index is 5.68. The smallest absolute Gasteiger partial charge is 0.315 e. The highest BCUT2D eigenvalue weighted by molar-refractivity contribution is 5.92. The van der Waals surface area contributed by atoms with E-state index in [4.69, 9.17) is 23.7 Å². The topological polar surface area (TPSA) is 74.8 Å². The van der Waals surface area contributed by atoms with Crippen molar-refractivity contribution in [3.05, 3.63) is 71.9 Å². The maximum Gasteiger partial charge on any atom is 0.315 e. The molecule has 0 spiro atoms. The lowest BCUT2D eigenvalue weighted by Crippen LogP contribution is -2.20. The quantitative estimate of drug-likeness (QED) is 0.348. The van der Waals surface area contributed by atoms with Crippen LogP contribution in [0.25, 0.3) is 34.2 Å². The number of ether oxygens (including phenoxy) is 5. The minimum Gasteiger partial charge on any atom is -0.493 e. The number of benzene rings is 3. The fourth-order valence-corrected chi connectivity index (χ4v) is 3.53. The van der Waals surface area contributed by atoms with Gasteiger partial charge in [-0.3, -0.25) is 5.10 Å². The number of hydrogen-bond donors (Lipinski definition) is 1. The van der Waals surface area contributed by atoms with Crippen LogP contribution in [0.3, 0.4) is 0 Å². The summed E-state index contributed by atoms with van der Waals surface area (Å²) >= 11 is 0. The molecule has 0 saturated heterocycles. The largest absolute Gasteiger partial charge is 0.493 e. The first-order chi connectivity index (χ1) is 16.1. The Bertz CT molecular complexity index is 1260. The zero-order chi connectivity index (χ0) is 23.2. The van der Waals surface area contributed by atoms with E-state index in [0.717, 1.165) is 33.3 Å². The van der Waals surface area contributed by atoms with Crippen LogP contribution in [0.2, 0.25) is 0 Å². The van der Waals surface area contributed by atoms with Gasteiger partial charge in [0.25, 0.3) is 0 Å². The average Bonchev–Trinajstić information content (AvgIpc) is 3.28. The summed E-state index contributed by atoms with van der Waals surface area (Å²) in [5.74, 6) is 2.04. The number of aromatic nitrogens is 2. The second-order valence-corrected chi connectivity index (χ2v) is 7.22. The van der Waals surface area contributed by atoms with Crippen molar-refractivity contribution in [2.75, 3.05) is 28.4 Å². The van der Waals surface area contributed by atoms with Crippen molar-refractivity contribution in [3.63, 3.8) is 0 Å². The fourth-order valence-electron chi connectivity index (χ4n) is 3.53. The van der Waals surface area contributed by atoms with Gasteiger partial charge in [-0.05, 0) is 59.2 Å². The Morgan fingerprint density at radius 2 is 1.58 bits per heavy atom. The van der Waals surface area contributed by atoms with Crippen LogP contribution in [-0.2, 0) is 9.47 Å². The molecule has 0 unspecified atom stereocenters. The molecule has 4 aromatic rings. The van der Waals surface area contributed by atoms with Gasteiger partial charge in [0, 0.05) is 19.6 Å². The second-order valence-electron chi connectivity index (χ2n) is 7.22. The number of fused-ring (bicyclic) bond motifs is 1. The number of H-pyrrole nitrogens is 1. The monoisotopic (exact) mass is 446 g/mol. The van der Waals surface area contributed by atoms with E-state index in [2.05, 4.69) is 28.4 Å². The van der Waals surface area contributed by atoms with Crippen molar-refractivity contribution in [3.8, 4) is 28.4 Å². The standard InChI is InChI=1S/C26H26N2O5/c1-29-24-13-9-17(14-25(24)30-2)8-12-22-21-11-10-19(16-23(21)28-27-22)18-6-5-7-20(15-18)33-26(31-3)32-4/h5-16,26H,1-4H3,(H,27,28). The van der Waals surface area contributed by atoms with Crippen LogP contribution >= 0.6 is 0 Å². The average molecular weight is 447 g/mol. The lowest BCUT2D eigenvalue weighted by Gasteiger charge is -2.15. The first-order valence-electron chi connectivity index (χ1n) is 10.4. The van der Waals surface area contributed by atoms with Crippen LogP contribution in [0.4, 0.5) is 0 Å². The Labute approximate surface area is 192 Å². The molecule has 0 atom stereocenters. The van der Waals surface area contributed by atoms with Crippen LogP contribution in [0, 0.1) is 0 Å². The summed E-state index contributed by atoms with van der Waals surface area (Å²) in [6.45, 7) is -0.754. The molecule has 0 bridgehead atoms. The molecule has 7 heteroatoms. The molecule has 4 rings (SSSR count). The van der Waals surface area contributed by atoms with E-state index in [1.54, 1.807) is 14.2 Å². The predicted molar refractivity (Wildman–Crippen MR) is 128 cm³/mol. The minimum absolute atomic E-state index is 0.657. The SMILES string of the molecule is COc1ccc(C=Cc2n[nH]c3cc(-c4cccc(OC(OC)OC)c4)ccc23)cc1OC. The third-order valence-corrected chi connectivity index (χ3v) is 5.22. The van der Waals surface area contributed by atoms with Gasteiger partial charge in [-0.2, -0.15) is 5.10 Å². The van der Waals surface area contributed by atoms with Crippen molar-refractivity contribution in [2.45, 2.75) is 6.48 Å². The number of methoxy groups -OCH3 is 4. The number of nitrogens with zero attached hydrogens (tertiary/aromatic N) is 1. The summed E-state index contributed by atoms with van der Waals surface area (Å²) in [4.78, 5) is 0. The normalized spacial score (nSPS) is 11.4. The molecule has 33 heavy (non-hydrogen) atoms. The van der Waals surface area contributed by atoms with E-state index in [-0.39, 0.29) is 0 Å². The zero-order valence-corrected chi connectivity index (χ0v) is 19.0. The summed E-state index contributed by atoms with van der Waals surface area (Å²) in [7, 11) is 6.30.